The number of nitrogens with zero attached hydrogens (tertiary/aromatic N) is 1. The van der Waals surface area contributed by atoms with Crippen LogP contribution in [0.2, 0.25) is 0 Å². The molecule has 0 radical (unpaired) electrons. The molecule has 1 unspecified atom stereocenters. The van der Waals surface area contributed by atoms with Gasteiger partial charge in [0, 0.05) is 40.7 Å². The third-order valence-corrected chi connectivity index (χ3v) is 4.63. The molecule has 0 bridgehead atoms. The summed E-state index contributed by atoms with van der Waals surface area (Å²) in [6, 6.07) is -0.100. The first-order valence-electron chi connectivity index (χ1n) is 9.41. The Bertz CT molecular complexity index is 1110. The summed E-state index contributed by atoms with van der Waals surface area (Å²) < 4.78 is 0. The summed E-state index contributed by atoms with van der Waals surface area (Å²) in [4.78, 5) is 26.8. The van der Waals surface area contributed by atoms with Crippen LogP contribution in [0.5, 0.6) is 0 Å². The minimum atomic E-state index is -0.518. The van der Waals surface area contributed by atoms with Gasteiger partial charge in [-0.3, -0.25) is 14.5 Å². The highest BCUT2D eigenvalue weighted by atomic mass is 16.2. The van der Waals surface area contributed by atoms with Crippen molar-refractivity contribution in [1.29, 1.82) is 0 Å². The average Bonchev–Trinajstić information content (AvgIpc) is 2.87. The van der Waals surface area contributed by atoms with Crippen LogP contribution >= 0.6 is 0 Å². The standard InChI is InChI=1S/C25H24N2O2.12H2/c1-6-7-8-9-10-11-12-13-14-15-16-20-17-22(28)27(23(20)29)21-18-24(2,3)26-25(4,5)19-21;;;;;;;;;;;;/h16,20-21,26H,1,17-19H2,2-5H3;12*1H. The van der Waals surface area contributed by atoms with Gasteiger partial charge in [0.2, 0.25) is 11.8 Å². The topological polar surface area (TPSA) is 49.4 Å². The summed E-state index contributed by atoms with van der Waals surface area (Å²) in [6.07, 6.45) is 3.19. The second kappa shape index (κ2) is 9.22. The highest BCUT2D eigenvalue weighted by Crippen LogP contribution is 2.35. The quantitative estimate of drug-likeness (QED) is 0.427. The highest BCUT2D eigenvalue weighted by molar-refractivity contribution is 6.04. The van der Waals surface area contributed by atoms with Gasteiger partial charge < -0.3 is 5.32 Å². The molecule has 4 nitrogen and oxygen atoms in total. The van der Waals surface area contributed by atoms with Gasteiger partial charge in [-0.15, -0.1) is 0 Å². The van der Waals surface area contributed by atoms with Crippen LogP contribution in [0.3, 0.4) is 0 Å². The van der Waals surface area contributed by atoms with Gasteiger partial charge in [-0.1, -0.05) is 11.5 Å². The number of carbonyl (C=O) groups excluding carboxylic acids is 2. The summed E-state index contributed by atoms with van der Waals surface area (Å²) >= 11 is 0. The van der Waals surface area contributed by atoms with Gasteiger partial charge in [-0.2, -0.15) is 0 Å². The molecule has 1 atom stereocenters. The summed E-state index contributed by atoms with van der Waals surface area (Å²) in [5.41, 5.74) is 25.1. The van der Waals surface area contributed by atoms with E-state index in [-0.39, 0.29) is 52.5 Å². The zero-order valence-electron chi connectivity index (χ0n) is 17.3. The van der Waals surface area contributed by atoms with E-state index in [1.165, 1.54) is 4.90 Å². The highest BCUT2D eigenvalue weighted by Gasteiger charge is 2.47. The van der Waals surface area contributed by atoms with Crippen molar-refractivity contribution in [2.75, 3.05) is 0 Å². The molecule has 2 rings (SSSR count). The third kappa shape index (κ3) is 6.34. The molecule has 0 spiro atoms. The summed E-state index contributed by atoms with van der Waals surface area (Å²) in [6.45, 7) is 11.7. The van der Waals surface area contributed by atoms with E-state index in [4.69, 9.17) is 0 Å². The molecule has 29 heavy (non-hydrogen) atoms. The maximum Gasteiger partial charge on any atom is 0.237 e. The van der Waals surface area contributed by atoms with Crippen LogP contribution in [0.15, 0.2) is 70.0 Å². The molecule has 2 saturated heterocycles. The van der Waals surface area contributed by atoms with Crippen molar-refractivity contribution >= 4 is 11.8 Å². The molecule has 0 saturated carbocycles. The molecular formula is C25H48N2O2. The Morgan fingerprint density at radius 1 is 0.966 bits per heavy atom. The predicted molar refractivity (Wildman–Crippen MR) is 135 cm³/mol. The van der Waals surface area contributed by atoms with Gasteiger partial charge in [0.05, 0.1) is 5.92 Å². The first kappa shape index (κ1) is 21.9. The molecular weight excluding hydrogens is 360 g/mol. The molecule has 2 heterocycles. The molecule has 2 amide bonds. The van der Waals surface area contributed by atoms with E-state index in [1.54, 1.807) is 6.08 Å². The lowest BCUT2D eigenvalue weighted by Gasteiger charge is -2.48. The number of hydrogen-bond donors (Lipinski definition) is 1. The van der Waals surface area contributed by atoms with Gasteiger partial charge in [0.15, 0.2) is 0 Å². The monoisotopic (exact) mass is 408 g/mol. The molecule has 0 aromatic rings. The summed E-state index contributed by atoms with van der Waals surface area (Å²) in [5, 5.41) is 3.58. The Labute approximate surface area is 189 Å². The fourth-order valence-electron chi connectivity index (χ4n) is 4.05. The number of carbonyl (C=O) groups is 2. The molecule has 0 aromatic carbocycles. The first-order chi connectivity index (χ1) is 13.7. The van der Waals surface area contributed by atoms with E-state index >= 15 is 0 Å². The van der Waals surface area contributed by atoms with Gasteiger partial charge in [-0.05, 0) is 99.0 Å². The molecule has 1 N–H and O–H groups in total. The van der Waals surface area contributed by atoms with Gasteiger partial charge >= 0.3 is 0 Å². The Balaban J connectivity index is -0.0000000833. The van der Waals surface area contributed by atoms with Gasteiger partial charge in [0.1, 0.15) is 0 Å². The molecule has 2 aliphatic rings. The molecule has 4 heteroatoms. The number of amides is 2. The van der Waals surface area contributed by atoms with E-state index in [0.29, 0.717) is 0 Å². The minimum Gasteiger partial charge on any atom is -0.307 e. The predicted octanol–water partition coefficient (Wildman–Crippen LogP) is 6.36. The van der Waals surface area contributed by atoms with Gasteiger partial charge in [-0.25, -0.2) is 0 Å². The van der Waals surface area contributed by atoms with Crippen molar-refractivity contribution < 1.29 is 26.7 Å². The summed E-state index contributed by atoms with van der Waals surface area (Å²) in [5.74, 6) is -0.814. The Kier molecular flexibility index (Phi) is 6.98. The lowest BCUT2D eigenvalue weighted by Crippen LogP contribution is -2.62. The maximum absolute atomic E-state index is 12.8. The SMILES string of the molecule is C=C=C=C=C=C=C=C=C=C=C=CC1CC(=O)N(C2CC(C)(C)NC(C)(C)C2)C1=O.[HH].[HH].[HH].[HH].[HH].[HH].[HH].[HH].[HH].[HH].[HH].[HH]. The van der Waals surface area contributed by atoms with E-state index < -0.39 is 5.92 Å². The van der Waals surface area contributed by atoms with Crippen molar-refractivity contribution in [3.05, 3.63) is 70.0 Å². The second-order valence-corrected chi connectivity index (χ2v) is 8.36. The lowest BCUT2D eigenvalue weighted by atomic mass is 9.79. The van der Waals surface area contributed by atoms with E-state index in [1.807, 2.05) is 0 Å². The van der Waals surface area contributed by atoms with Crippen LogP contribution in [-0.4, -0.2) is 33.8 Å². The van der Waals surface area contributed by atoms with Crippen LogP contribution in [0.4, 0.5) is 0 Å². The van der Waals surface area contributed by atoms with Crippen LogP contribution in [0, 0.1) is 5.92 Å². The first-order valence-corrected chi connectivity index (χ1v) is 9.41. The third-order valence-electron chi connectivity index (χ3n) is 4.63. The average molecular weight is 409 g/mol. The molecule has 0 aliphatic carbocycles. The maximum atomic E-state index is 12.8. The smallest absolute Gasteiger partial charge is 0.237 e. The normalized spacial score (nSPS) is 21.5. The van der Waals surface area contributed by atoms with Crippen molar-refractivity contribution in [2.24, 2.45) is 5.92 Å². The van der Waals surface area contributed by atoms with Crippen LogP contribution in [0.25, 0.3) is 0 Å². The number of rotatable bonds is 2. The Hall–Kier alpha value is -3.36. The van der Waals surface area contributed by atoms with Crippen molar-refractivity contribution in [3.63, 3.8) is 0 Å². The van der Waals surface area contributed by atoms with E-state index in [9.17, 15) is 9.59 Å². The van der Waals surface area contributed by atoms with Crippen molar-refractivity contribution in [2.45, 2.75) is 64.1 Å². The van der Waals surface area contributed by atoms with Crippen LogP contribution < -0.4 is 5.32 Å². The van der Waals surface area contributed by atoms with Gasteiger partial charge in [0.25, 0.3) is 0 Å². The van der Waals surface area contributed by atoms with Crippen molar-refractivity contribution in [1.82, 2.24) is 10.2 Å². The molecule has 2 aliphatic heterocycles. The molecule has 170 valence electrons. The minimum absolute atomic E-state index is 0. The number of imide groups is 1. The molecule has 0 aromatic heterocycles. The van der Waals surface area contributed by atoms with E-state index in [2.05, 4.69) is 96.9 Å². The van der Waals surface area contributed by atoms with Crippen LogP contribution in [-0.2, 0) is 9.59 Å². The number of hydrogen-bond acceptors (Lipinski definition) is 3. The van der Waals surface area contributed by atoms with Crippen molar-refractivity contribution in [3.8, 4) is 0 Å². The lowest BCUT2D eigenvalue weighted by molar-refractivity contribution is -0.143. The van der Waals surface area contributed by atoms with Crippen LogP contribution in [0.1, 0.15) is 64.1 Å². The number of nitrogens with one attached hydrogen (secondary N) is 1. The second-order valence-electron chi connectivity index (χ2n) is 8.36. The Morgan fingerprint density at radius 3 is 2.03 bits per heavy atom. The zero-order chi connectivity index (χ0) is 21.5. The number of piperidine rings is 1. The molecule has 2 fully saturated rings. The zero-order valence-corrected chi connectivity index (χ0v) is 17.3. The van der Waals surface area contributed by atoms with E-state index in [0.717, 1.165) is 12.8 Å². The fourth-order valence-corrected chi connectivity index (χ4v) is 4.05. The summed E-state index contributed by atoms with van der Waals surface area (Å²) in [7, 11) is 0. The largest absolute Gasteiger partial charge is 0.307 e. The Morgan fingerprint density at radius 2 is 1.48 bits per heavy atom. The fraction of sp³-hybridized carbons (Fsp3) is 0.440. The number of likely N-dealkylation sites (tertiary alicyclic amines) is 1.